The Morgan fingerprint density at radius 1 is 1.05 bits per heavy atom. The van der Waals surface area contributed by atoms with Crippen LogP contribution >= 0.6 is 0 Å². The molecule has 0 fully saturated rings. The minimum Gasteiger partial charge on any atom is -0.377 e. The zero-order chi connectivity index (χ0) is 14.9. The lowest BCUT2D eigenvalue weighted by atomic mass is 10.1. The number of ether oxygens (including phenoxy) is 1. The van der Waals surface area contributed by atoms with Crippen LogP contribution < -0.4 is 11.1 Å². The van der Waals surface area contributed by atoms with Gasteiger partial charge in [-0.1, -0.05) is 42.5 Å². The SMILES string of the molecule is CCOCc1ccc(CN=C(N)Nc2ccccc2)cc1. The average Bonchev–Trinajstić information content (AvgIpc) is 2.53. The first-order chi connectivity index (χ1) is 10.3. The predicted octanol–water partition coefficient (Wildman–Crippen LogP) is 3.15. The summed E-state index contributed by atoms with van der Waals surface area (Å²) in [4.78, 5) is 4.33. The highest BCUT2D eigenvalue weighted by molar-refractivity contribution is 5.92. The second-order valence-corrected chi connectivity index (χ2v) is 4.65. The lowest BCUT2D eigenvalue weighted by Gasteiger charge is -2.06. The summed E-state index contributed by atoms with van der Waals surface area (Å²) in [6, 6.07) is 18.0. The highest BCUT2D eigenvalue weighted by Gasteiger charge is 1.96. The van der Waals surface area contributed by atoms with Crippen molar-refractivity contribution in [3.63, 3.8) is 0 Å². The topological polar surface area (TPSA) is 59.6 Å². The van der Waals surface area contributed by atoms with Crippen LogP contribution in [0.2, 0.25) is 0 Å². The van der Waals surface area contributed by atoms with Gasteiger partial charge in [-0.3, -0.25) is 0 Å². The zero-order valence-corrected chi connectivity index (χ0v) is 12.3. The summed E-state index contributed by atoms with van der Waals surface area (Å²) in [5, 5.41) is 3.06. The molecular weight excluding hydrogens is 262 g/mol. The molecule has 0 aliphatic carbocycles. The molecule has 0 aromatic heterocycles. The van der Waals surface area contributed by atoms with E-state index in [4.69, 9.17) is 10.5 Å². The second-order valence-electron chi connectivity index (χ2n) is 4.65. The molecule has 0 aliphatic rings. The monoisotopic (exact) mass is 283 g/mol. The van der Waals surface area contributed by atoms with Crippen LogP contribution in [0.3, 0.4) is 0 Å². The number of aliphatic imine (C=N–C) groups is 1. The van der Waals surface area contributed by atoms with Crippen LogP contribution in [0.1, 0.15) is 18.1 Å². The van der Waals surface area contributed by atoms with Crippen molar-refractivity contribution in [3.05, 3.63) is 65.7 Å². The normalized spacial score (nSPS) is 11.4. The van der Waals surface area contributed by atoms with Gasteiger partial charge in [0.1, 0.15) is 0 Å². The van der Waals surface area contributed by atoms with E-state index in [1.807, 2.05) is 49.4 Å². The predicted molar refractivity (Wildman–Crippen MR) is 87.2 cm³/mol. The van der Waals surface area contributed by atoms with Crippen molar-refractivity contribution in [2.75, 3.05) is 11.9 Å². The minimum absolute atomic E-state index is 0.416. The van der Waals surface area contributed by atoms with Gasteiger partial charge in [-0.05, 0) is 30.2 Å². The third kappa shape index (κ3) is 5.28. The van der Waals surface area contributed by atoms with E-state index in [1.54, 1.807) is 0 Å². The third-order valence-corrected chi connectivity index (χ3v) is 2.97. The van der Waals surface area contributed by atoms with Crippen LogP contribution in [0.4, 0.5) is 5.69 Å². The molecule has 0 radical (unpaired) electrons. The third-order valence-electron chi connectivity index (χ3n) is 2.97. The molecule has 2 rings (SSSR count). The number of benzene rings is 2. The van der Waals surface area contributed by atoms with E-state index in [9.17, 15) is 0 Å². The van der Waals surface area contributed by atoms with E-state index in [0.717, 1.165) is 17.9 Å². The van der Waals surface area contributed by atoms with E-state index >= 15 is 0 Å². The Balaban J connectivity index is 1.87. The summed E-state index contributed by atoms with van der Waals surface area (Å²) in [5.41, 5.74) is 9.09. The number of hydrogen-bond acceptors (Lipinski definition) is 2. The molecule has 4 nitrogen and oxygen atoms in total. The largest absolute Gasteiger partial charge is 0.377 e. The van der Waals surface area contributed by atoms with Gasteiger partial charge >= 0.3 is 0 Å². The molecule has 3 N–H and O–H groups in total. The fourth-order valence-corrected chi connectivity index (χ4v) is 1.85. The molecule has 0 heterocycles. The van der Waals surface area contributed by atoms with Gasteiger partial charge in [-0.15, -0.1) is 0 Å². The number of rotatable bonds is 6. The molecular formula is C17H21N3O. The van der Waals surface area contributed by atoms with Gasteiger partial charge in [0, 0.05) is 12.3 Å². The fourth-order valence-electron chi connectivity index (χ4n) is 1.85. The summed E-state index contributed by atoms with van der Waals surface area (Å²) in [7, 11) is 0. The fraction of sp³-hybridized carbons (Fsp3) is 0.235. The summed E-state index contributed by atoms with van der Waals surface area (Å²) in [6.07, 6.45) is 0. The molecule has 110 valence electrons. The molecule has 0 saturated carbocycles. The zero-order valence-electron chi connectivity index (χ0n) is 12.3. The van der Waals surface area contributed by atoms with Gasteiger partial charge < -0.3 is 15.8 Å². The van der Waals surface area contributed by atoms with Crippen LogP contribution in [-0.4, -0.2) is 12.6 Å². The number of guanidine groups is 1. The van der Waals surface area contributed by atoms with Gasteiger partial charge in [0.15, 0.2) is 5.96 Å². The molecule has 0 atom stereocenters. The smallest absolute Gasteiger partial charge is 0.193 e. The molecule has 0 bridgehead atoms. The van der Waals surface area contributed by atoms with Gasteiger partial charge in [0.05, 0.1) is 13.2 Å². The van der Waals surface area contributed by atoms with Gasteiger partial charge in [-0.25, -0.2) is 4.99 Å². The van der Waals surface area contributed by atoms with Gasteiger partial charge in [0.25, 0.3) is 0 Å². The number of nitrogens with two attached hydrogens (primary N) is 1. The summed E-state index contributed by atoms with van der Waals surface area (Å²) in [6.45, 7) is 3.93. The van der Waals surface area contributed by atoms with Crippen molar-refractivity contribution in [1.82, 2.24) is 0 Å². The summed E-state index contributed by atoms with van der Waals surface area (Å²) >= 11 is 0. The number of nitrogens with zero attached hydrogens (tertiary/aromatic N) is 1. The van der Waals surface area contributed by atoms with E-state index in [1.165, 1.54) is 5.56 Å². The Morgan fingerprint density at radius 2 is 1.71 bits per heavy atom. The van der Waals surface area contributed by atoms with E-state index in [0.29, 0.717) is 19.1 Å². The van der Waals surface area contributed by atoms with Crippen molar-refractivity contribution >= 4 is 11.6 Å². The molecule has 0 saturated heterocycles. The van der Waals surface area contributed by atoms with Crippen LogP contribution in [0.25, 0.3) is 0 Å². The average molecular weight is 283 g/mol. The Kier molecular flexibility index (Phi) is 5.79. The quantitative estimate of drug-likeness (QED) is 0.632. The molecule has 0 aliphatic heterocycles. The Bertz CT molecular complexity index is 564. The minimum atomic E-state index is 0.416. The maximum Gasteiger partial charge on any atom is 0.193 e. The number of hydrogen-bond donors (Lipinski definition) is 2. The molecule has 0 spiro atoms. The Hall–Kier alpha value is -2.33. The molecule has 0 unspecified atom stereocenters. The van der Waals surface area contributed by atoms with E-state index in [2.05, 4.69) is 22.4 Å². The van der Waals surface area contributed by atoms with E-state index in [-0.39, 0.29) is 0 Å². The van der Waals surface area contributed by atoms with Gasteiger partial charge in [-0.2, -0.15) is 0 Å². The second kappa shape index (κ2) is 8.07. The first-order valence-corrected chi connectivity index (χ1v) is 7.05. The maximum atomic E-state index is 5.87. The van der Waals surface area contributed by atoms with Gasteiger partial charge in [0.2, 0.25) is 0 Å². The van der Waals surface area contributed by atoms with Crippen LogP contribution in [-0.2, 0) is 17.9 Å². The maximum absolute atomic E-state index is 5.87. The van der Waals surface area contributed by atoms with E-state index < -0.39 is 0 Å². The standard InChI is InChI=1S/C17H21N3O/c1-2-21-13-15-10-8-14(9-11-15)12-19-17(18)20-16-6-4-3-5-7-16/h3-11H,2,12-13H2,1H3,(H3,18,19,20). The molecule has 21 heavy (non-hydrogen) atoms. The summed E-state index contributed by atoms with van der Waals surface area (Å²) < 4.78 is 5.37. The summed E-state index contributed by atoms with van der Waals surface area (Å²) in [5.74, 6) is 0.416. The number of para-hydroxylation sites is 1. The van der Waals surface area contributed by atoms with Crippen molar-refractivity contribution in [3.8, 4) is 0 Å². The highest BCUT2D eigenvalue weighted by atomic mass is 16.5. The highest BCUT2D eigenvalue weighted by Crippen LogP contribution is 2.08. The number of anilines is 1. The first kappa shape index (κ1) is 15.1. The van der Waals surface area contributed by atoms with Crippen molar-refractivity contribution < 1.29 is 4.74 Å². The van der Waals surface area contributed by atoms with Crippen molar-refractivity contribution in [1.29, 1.82) is 0 Å². The first-order valence-electron chi connectivity index (χ1n) is 7.05. The van der Waals surface area contributed by atoms with Crippen LogP contribution in [0, 0.1) is 0 Å². The molecule has 0 amide bonds. The molecule has 2 aromatic carbocycles. The van der Waals surface area contributed by atoms with Crippen LogP contribution in [0.15, 0.2) is 59.6 Å². The van der Waals surface area contributed by atoms with Crippen molar-refractivity contribution in [2.45, 2.75) is 20.1 Å². The lowest BCUT2D eigenvalue weighted by Crippen LogP contribution is -2.22. The molecule has 4 heteroatoms. The number of nitrogens with one attached hydrogen (secondary N) is 1. The Morgan fingerprint density at radius 3 is 2.38 bits per heavy atom. The van der Waals surface area contributed by atoms with Crippen LogP contribution in [0.5, 0.6) is 0 Å². The molecule has 2 aromatic rings. The Labute approximate surface area is 125 Å². The van der Waals surface area contributed by atoms with Crippen molar-refractivity contribution in [2.24, 2.45) is 10.7 Å². The lowest BCUT2D eigenvalue weighted by molar-refractivity contribution is 0.134.